The van der Waals surface area contributed by atoms with Crippen molar-refractivity contribution < 1.29 is 13.2 Å². The van der Waals surface area contributed by atoms with E-state index in [9.17, 15) is 13.2 Å². The Labute approximate surface area is 182 Å². The lowest BCUT2D eigenvalue weighted by molar-refractivity contribution is -0.121. The Morgan fingerprint density at radius 1 is 1.00 bits per heavy atom. The van der Waals surface area contributed by atoms with Crippen LogP contribution < -0.4 is 5.32 Å². The highest BCUT2D eigenvalue weighted by atomic mass is 32.2. The summed E-state index contributed by atoms with van der Waals surface area (Å²) in [4.78, 5) is 12.6. The molecule has 1 aromatic heterocycles. The first kappa shape index (κ1) is 22.2. The lowest BCUT2D eigenvalue weighted by Crippen LogP contribution is -2.31. The third kappa shape index (κ3) is 5.56. The Kier molecular flexibility index (Phi) is 7.42. The second-order valence-electron chi connectivity index (χ2n) is 7.18. The minimum Gasteiger partial charge on any atom is -0.345 e. The zero-order valence-corrected chi connectivity index (χ0v) is 18.7. The van der Waals surface area contributed by atoms with Crippen molar-refractivity contribution >= 4 is 27.3 Å². The van der Waals surface area contributed by atoms with Crippen molar-refractivity contribution in [3.05, 3.63) is 88.8 Å². The van der Waals surface area contributed by atoms with Crippen LogP contribution in [0.15, 0.2) is 76.3 Å². The predicted octanol–water partition coefficient (Wildman–Crippen LogP) is 4.36. The first-order valence-corrected chi connectivity index (χ1v) is 12.1. The van der Waals surface area contributed by atoms with Gasteiger partial charge in [-0.25, -0.2) is 12.7 Å². The summed E-state index contributed by atoms with van der Waals surface area (Å²) >= 11 is 1.19. The average molecular weight is 443 g/mol. The van der Waals surface area contributed by atoms with Crippen LogP contribution in [-0.2, 0) is 14.8 Å². The Balaban J connectivity index is 1.62. The summed E-state index contributed by atoms with van der Waals surface area (Å²) in [6.45, 7) is 2.31. The van der Waals surface area contributed by atoms with Gasteiger partial charge in [0.25, 0.3) is 10.0 Å². The van der Waals surface area contributed by atoms with Gasteiger partial charge in [0.2, 0.25) is 5.91 Å². The van der Waals surface area contributed by atoms with Crippen molar-refractivity contribution in [2.75, 3.05) is 13.6 Å². The van der Waals surface area contributed by atoms with E-state index in [0.29, 0.717) is 10.6 Å². The molecule has 2 aromatic carbocycles. The lowest BCUT2D eigenvalue weighted by atomic mass is 9.97. The number of sulfonamides is 1. The monoisotopic (exact) mass is 442 g/mol. The van der Waals surface area contributed by atoms with Crippen LogP contribution in [0.2, 0.25) is 0 Å². The second kappa shape index (κ2) is 10.0. The van der Waals surface area contributed by atoms with Gasteiger partial charge in [-0.1, -0.05) is 66.2 Å². The van der Waals surface area contributed by atoms with Gasteiger partial charge in [0.05, 0.1) is 6.04 Å². The predicted molar refractivity (Wildman–Crippen MR) is 121 cm³/mol. The standard InChI is InChI=1S/C23H26N2O3S2/c1-18-12-14-20(15-13-18)23(19-8-4-3-5-9-19)24-21(26)10-6-16-25(2)30(27,28)22-11-7-17-29-22/h3-5,7-9,11-15,17,23H,6,10,16H2,1-2H3,(H,24,26). The molecule has 3 aromatic rings. The number of rotatable bonds is 9. The molecule has 0 fully saturated rings. The van der Waals surface area contributed by atoms with Crippen molar-refractivity contribution in [2.45, 2.75) is 30.0 Å². The van der Waals surface area contributed by atoms with E-state index < -0.39 is 10.0 Å². The fourth-order valence-corrected chi connectivity index (χ4v) is 5.55. The van der Waals surface area contributed by atoms with Gasteiger partial charge in [0, 0.05) is 20.0 Å². The minimum atomic E-state index is -3.49. The number of amides is 1. The van der Waals surface area contributed by atoms with Crippen LogP contribution in [-0.4, -0.2) is 32.2 Å². The van der Waals surface area contributed by atoms with Crippen LogP contribution in [0.1, 0.15) is 35.6 Å². The summed E-state index contributed by atoms with van der Waals surface area (Å²) in [5, 5.41) is 4.84. The maximum atomic E-state index is 12.6. The van der Waals surface area contributed by atoms with Gasteiger partial charge in [-0.2, -0.15) is 0 Å². The summed E-state index contributed by atoms with van der Waals surface area (Å²) in [5.74, 6) is -0.105. The molecule has 3 rings (SSSR count). The molecule has 0 bridgehead atoms. The molecular formula is C23H26N2O3S2. The highest BCUT2D eigenvalue weighted by molar-refractivity contribution is 7.91. The van der Waals surface area contributed by atoms with Crippen LogP contribution >= 0.6 is 11.3 Å². The molecule has 5 nitrogen and oxygen atoms in total. The van der Waals surface area contributed by atoms with Crippen LogP contribution in [0.3, 0.4) is 0 Å². The molecule has 30 heavy (non-hydrogen) atoms. The molecule has 1 atom stereocenters. The summed E-state index contributed by atoms with van der Waals surface area (Å²) in [6.07, 6.45) is 0.696. The van der Waals surface area contributed by atoms with Crippen molar-refractivity contribution in [1.29, 1.82) is 0 Å². The quantitative estimate of drug-likeness (QED) is 0.535. The van der Waals surface area contributed by atoms with E-state index in [1.807, 2.05) is 61.5 Å². The van der Waals surface area contributed by atoms with Crippen LogP contribution in [0.25, 0.3) is 0 Å². The van der Waals surface area contributed by atoms with Crippen molar-refractivity contribution in [1.82, 2.24) is 9.62 Å². The first-order valence-electron chi connectivity index (χ1n) is 9.78. The fourth-order valence-electron chi connectivity index (χ4n) is 3.14. The van der Waals surface area contributed by atoms with Crippen LogP contribution in [0.5, 0.6) is 0 Å². The topological polar surface area (TPSA) is 66.5 Å². The van der Waals surface area contributed by atoms with Crippen LogP contribution in [0.4, 0.5) is 0 Å². The third-order valence-corrected chi connectivity index (χ3v) is 8.12. The molecule has 0 spiro atoms. The molecule has 158 valence electrons. The van der Waals surface area contributed by atoms with Crippen molar-refractivity contribution in [3.8, 4) is 0 Å². The molecule has 0 saturated heterocycles. The van der Waals surface area contributed by atoms with E-state index >= 15 is 0 Å². The lowest BCUT2D eigenvalue weighted by Gasteiger charge is -2.21. The number of nitrogens with zero attached hydrogens (tertiary/aromatic N) is 1. The first-order chi connectivity index (χ1) is 14.4. The zero-order chi connectivity index (χ0) is 21.6. The molecule has 7 heteroatoms. The Morgan fingerprint density at radius 3 is 2.30 bits per heavy atom. The Morgan fingerprint density at radius 2 is 1.67 bits per heavy atom. The Bertz CT molecular complexity index is 1050. The van der Waals surface area contributed by atoms with E-state index in [1.54, 1.807) is 24.6 Å². The summed E-state index contributed by atoms with van der Waals surface area (Å²) in [7, 11) is -1.94. The largest absolute Gasteiger partial charge is 0.345 e. The molecule has 0 aliphatic heterocycles. The van der Waals surface area contributed by atoms with Crippen molar-refractivity contribution in [3.63, 3.8) is 0 Å². The molecule has 0 aliphatic carbocycles. The number of carbonyl (C=O) groups is 1. The SMILES string of the molecule is Cc1ccc(C(NC(=O)CCCN(C)S(=O)(=O)c2cccs2)c2ccccc2)cc1. The molecule has 1 unspecified atom stereocenters. The van der Waals surface area contributed by atoms with E-state index in [2.05, 4.69) is 5.32 Å². The van der Waals surface area contributed by atoms with E-state index in [0.717, 1.165) is 16.7 Å². The maximum Gasteiger partial charge on any atom is 0.252 e. The smallest absolute Gasteiger partial charge is 0.252 e. The third-order valence-electron chi connectivity index (χ3n) is 4.89. The summed E-state index contributed by atoms with van der Waals surface area (Å²) in [6, 6.07) is 21.0. The van der Waals surface area contributed by atoms with E-state index in [4.69, 9.17) is 0 Å². The number of carbonyl (C=O) groups excluding carboxylic acids is 1. The molecule has 1 N–H and O–H groups in total. The molecule has 1 heterocycles. The molecule has 0 aliphatic rings. The van der Waals surface area contributed by atoms with E-state index in [-0.39, 0.29) is 24.9 Å². The summed E-state index contributed by atoms with van der Waals surface area (Å²) < 4.78 is 26.6. The van der Waals surface area contributed by atoms with Gasteiger partial charge in [-0.05, 0) is 35.9 Å². The van der Waals surface area contributed by atoms with Gasteiger partial charge in [-0.15, -0.1) is 11.3 Å². The zero-order valence-electron chi connectivity index (χ0n) is 17.1. The number of aryl methyl sites for hydroxylation is 1. The average Bonchev–Trinajstić information content (AvgIpc) is 3.29. The highest BCUT2D eigenvalue weighted by Crippen LogP contribution is 2.23. The number of hydrogen-bond acceptors (Lipinski definition) is 4. The highest BCUT2D eigenvalue weighted by Gasteiger charge is 2.22. The number of hydrogen-bond donors (Lipinski definition) is 1. The number of nitrogens with one attached hydrogen (secondary N) is 1. The fraction of sp³-hybridized carbons (Fsp3) is 0.261. The normalized spacial score (nSPS) is 12.6. The van der Waals surface area contributed by atoms with E-state index in [1.165, 1.54) is 15.6 Å². The molecule has 1 amide bonds. The van der Waals surface area contributed by atoms with Gasteiger partial charge < -0.3 is 5.32 Å². The van der Waals surface area contributed by atoms with Gasteiger partial charge in [0.1, 0.15) is 4.21 Å². The molecular weight excluding hydrogens is 416 g/mol. The molecule has 0 radical (unpaired) electrons. The van der Waals surface area contributed by atoms with Crippen molar-refractivity contribution in [2.24, 2.45) is 0 Å². The summed E-state index contributed by atoms with van der Waals surface area (Å²) in [5.41, 5.74) is 3.18. The van der Waals surface area contributed by atoms with Crippen LogP contribution in [0, 0.1) is 6.92 Å². The Hall–Kier alpha value is -2.48. The minimum absolute atomic E-state index is 0.105. The second-order valence-corrected chi connectivity index (χ2v) is 10.4. The number of thiophene rings is 1. The van der Waals surface area contributed by atoms with Gasteiger partial charge >= 0.3 is 0 Å². The van der Waals surface area contributed by atoms with Gasteiger partial charge in [0.15, 0.2) is 0 Å². The maximum absolute atomic E-state index is 12.6. The molecule has 0 saturated carbocycles. The number of benzene rings is 2. The van der Waals surface area contributed by atoms with Gasteiger partial charge in [-0.3, -0.25) is 4.79 Å².